The number of thiazole rings is 1. The van der Waals surface area contributed by atoms with Crippen LogP contribution in [-0.2, 0) is 6.42 Å². The van der Waals surface area contributed by atoms with Gasteiger partial charge in [-0.3, -0.25) is 0 Å². The molecule has 0 aliphatic rings. The van der Waals surface area contributed by atoms with E-state index in [9.17, 15) is 0 Å². The normalized spacial score (nSPS) is 10.9. The van der Waals surface area contributed by atoms with Crippen LogP contribution in [0, 0.1) is 20.8 Å². The molecule has 0 fully saturated rings. The maximum absolute atomic E-state index is 5.74. The Bertz CT molecular complexity index is 778. The lowest BCUT2D eigenvalue weighted by molar-refractivity contribution is 1.08. The Kier molecular flexibility index (Phi) is 3.99. The Balaban J connectivity index is 1.87. The van der Waals surface area contributed by atoms with Crippen molar-refractivity contribution in [3.63, 3.8) is 0 Å². The lowest BCUT2D eigenvalue weighted by Gasteiger charge is -2.09. The number of benzene rings is 2. The molecular formula is C19H20N2S. The van der Waals surface area contributed by atoms with Crippen LogP contribution >= 0.6 is 11.3 Å². The zero-order valence-corrected chi connectivity index (χ0v) is 14.0. The summed E-state index contributed by atoms with van der Waals surface area (Å²) in [6.45, 7) is 6.51. The molecule has 0 amide bonds. The van der Waals surface area contributed by atoms with Crippen molar-refractivity contribution < 1.29 is 0 Å². The van der Waals surface area contributed by atoms with Gasteiger partial charge in [0.15, 0.2) is 0 Å². The lowest BCUT2D eigenvalue weighted by atomic mass is 9.98. The Morgan fingerprint density at radius 1 is 1.00 bits per heavy atom. The van der Waals surface area contributed by atoms with Crippen LogP contribution in [0.4, 0.5) is 5.69 Å². The molecule has 0 saturated carbocycles. The fourth-order valence-corrected chi connectivity index (χ4v) is 3.63. The number of anilines is 1. The SMILES string of the molecule is Cc1cc(C)c(Cc2nc(-c3ccc(N)cc3)cs2)c(C)c1. The number of hydrogen-bond acceptors (Lipinski definition) is 3. The average molecular weight is 308 g/mol. The fraction of sp³-hybridized carbons (Fsp3) is 0.211. The molecule has 0 radical (unpaired) electrons. The summed E-state index contributed by atoms with van der Waals surface area (Å²) in [5.74, 6) is 0. The van der Waals surface area contributed by atoms with Gasteiger partial charge in [0.05, 0.1) is 10.7 Å². The van der Waals surface area contributed by atoms with Gasteiger partial charge < -0.3 is 5.73 Å². The van der Waals surface area contributed by atoms with Gasteiger partial charge in [-0.05, 0) is 49.6 Å². The summed E-state index contributed by atoms with van der Waals surface area (Å²) >= 11 is 1.72. The summed E-state index contributed by atoms with van der Waals surface area (Å²) < 4.78 is 0. The molecule has 3 rings (SSSR count). The molecule has 1 heterocycles. The first-order chi connectivity index (χ1) is 10.5. The second-order valence-electron chi connectivity index (χ2n) is 5.80. The molecule has 0 atom stereocenters. The second-order valence-corrected chi connectivity index (χ2v) is 6.75. The Hall–Kier alpha value is -2.13. The molecule has 22 heavy (non-hydrogen) atoms. The molecule has 0 saturated heterocycles. The van der Waals surface area contributed by atoms with Crippen molar-refractivity contribution in [3.8, 4) is 11.3 Å². The average Bonchev–Trinajstić information content (AvgIpc) is 2.92. The summed E-state index contributed by atoms with van der Waals surface area (Å²) in [7, 11) is 0. The van der Waals surface area contributed by atoms with E-state index < -0.39 is 0 Å². The number of hydrogen-bond donors (Lipinski definition) is 1. The van der Waals surface area contributed by atoms with E-state index in [1.54, 1.807) is 11.3 Å². The summed E-state index contributed by atoms with van der Waals surface area (Å²) in [6, 6.07) is 12.4. The molecule has 0 aliphatic carbocycles. The summed E-state index contributed by atoms with van der Waals surface area (Å²) in [5, 5.41) is 3.28. The van der Waals surface area contributed by atoms with Gasteiger partial charge in [-0.15, -0.1) is 11.3 Å². The van der Waals surface area contributed by atoms with Gasteiger partial charge in [-0.1, -0.05) is 29.8 Å². The minimum Gasteiger partial charge on any atom is -0.399 e. The molecule has 2 aromatic carbocycles. The maximum atomic E-state index is 5.74. The monoisotopic (exact) mass is 308 g/mol. The van der Waals surface area contributed by atoms with Gasteiger partial charge in [0.1, 0.15) is 0 Å². The highest BCUT2D eigenvalue weighted by Crippen LogP contribution is 2.26. The number of aryl methyl sites for hydroxylation is 3. The van der Waals surface area contributed by atoms with Gasteiger partial charge in [0.2, 0.25) is 0 Å². The smallest absolute Gasteiger partial charge is 0.0976 e. The number of rotatable bonds is 3. The van der Waals surface area contributed by atoms with Gasteiger partial charge in [-0.2, -0.15) is 0 Å². The number of nitrogens with zero attached hydrogens (tertiary/aromatic N) is 1. The highest BCUT2D eigenvalue weighted by atomic mass is 32.1. The predicted molar refractivity (Wildman–Crippen MR) is 95.4 cm³/mol. The van der Waals surface area contributed by atoms with Gasteiger partial charge in [0.25, 0.3) is 0 Å². The van der Waals surface area contributed by atoms with Crippen molar-refractivity contribution in [1.82, 2.24) is 4.98 Å². The molecule has 0 spiro atoms. The van der Waals surface area contributed by atoms with E-state index in [0.29, 0.717) is 0 Å². The largest absolute Gasteiger partial charge is 0.399 e. The molecule has 0 aliphatic heterocycles. The van der Waals surface area contributed by atoms with E-state index in [-0.39, 0.29) is 0 Å². The van der Waals surface area contributed by atoms with E-state index in [0.717, 1.165) is 28.4 Å². The van der Waals surface area contributed by atoms with Gasteiger partial charge in [0, 0.05) is 23.1 Å². The molecular weight excluding hydrogens is 288 g/mol. The van der Waals surface area contributed by atoms with Crippen LogP contribution in [0.2, 0.25) is 0 Å². The Morgan fingerprint density at radius 3 is 2.27 bits per heavy atom. The van der Waals surface area contributed by atoms with Crippen LogP contribution in [0.1, 0.15) is 27.3 Å². The first-order valence-electron chi connectivity index (χ1n) is 7.40. The van der Waals surface area contributed by atoms with Crippen LogP contribution in [0.25, 0.3) is 11.3 Å². The van der Waals surface area contributed by atoms with Gasteiger partial charge >= 0.3 is 0 Å². The van der Waals surface area contributed by atoms with Crippen molar-refractivity contribution in [2.75, 3.05) is 5.73 Å². The molecule has 3 aromatic rings. The molecule has 3 heteroatoms. The summed E-state index contributed by atoms with van der Waals surface area (Å²) in [4.78, 5) is 4.79. The Labute approximate surface area is 135 Å². The first-order valence-corrected chi connectivity index (χ1v) is 8.28. The van der Waals surface area contributed by atoms with Crippen molar-refractivity contribution in [3.05, 3.63) is 69.0 Å². The number of nitrogen functional groups attached to an aromatic ring is 1. The number of nitrogens with two attached hydrogens (primary N) is 1. The lowest BCUT2D eigenvalue weighted by Crippen LogP contribution is -1.96. The van der Waals surface area contributed by atoms with E-state index in [1.165, 1.54) is 22.3 Å². The molecule has 0 bridgehead atoms. The minimum absolute atomic E-state index is 0.783. The van der Waals surface area contributed by atoms with Crippen LogP contribution < -0.4 is 5.73 Å². The standard InChI is InChI=1S/C19H20N2S/c1-12-8-13(2)17(14(3)9-12)10-19-21-18(11-22-19)15-4-6-16(20)7-5-15/h4-9,11H,10,20H2,1-3H3. The molecule has 112 valence electrons. The quantitative estimate of drug-likeness (QED) is 0.698. The van der Waals surface area contributed by atoms with E-state index in [2.05, 4.69) is 38.3 Å². The summed E-state index contributed by atoms with van der Waals surface area (Å²) in [5.41, 5.74) is 14.1. The first kappa shape index (κ1) is 14.8. The van der Waals surface area contributed by atoms with Gasteiger partial charge in [-0.25, -0.2) is 4.98 Å². The molecule has 1 aromatic heterocycles. The third kappa shape index (κ3) is 3.04. The molecule has 0 unspecified atom stereocenters. The van der Waals surface area contributed by atoms with Crippen molar-refractivity contribution in [1.29, 1.82) is 0 Å². The second kappa shape index (κ2) is 5.93. The van der Waals surface area contributed by atoms with Crippen LogP contribution in [0.3, 0.4) is 0 Å². The molecule has 2 nitrogen and oxygen atoms in total. The number of aromatic nitrogens is 1. The van der Waals surface area contributed by atoms with E-state index in [1.807, 2.05) is 24.3 Å². The zero-order chi connectivity index (χ0) is 15.7. The van der Waals surface area contributed by atoms with E-state index >= 15 is 0 Å². The maximum Gasteiger partial charge on any atom is 0.0976 e. The van der Waals surface area contributed by atoms with Crippen LogP contribution in [0.15, 0.2) is 41.8 Å². The topological polar surface area (TPSA) is 38.9 Å². The van der Waals surface area contributed by atoms with Crippen molar-refractivity contribution >= 4 is 17.0 Å². The molecule has 2 N–H and O–H groups in total. The van der Waals surface area contributed by atoms with E-state index in [4.69, 9.17) is 10.7 Å². The minimum atomic E-state index is 0.783. The van der Waals surface area contributed by atoms with Crippen molar-refractivity contribution in [2.24, 2.45) is 0 Å². The highest BCUT2D eigenvalue weighted by molar-refractivity contribution is 7.10. The fourth-order valence-electron chi connectivity index (χ4n) is 2.82. The third-order valence-corrected chi connectivity index (χ3v) is 4.78. The van der Waals surface area contributed by atoms with Crippen LogP contribution in [0.5, 0.6) is 0 Å². The highest BCUT2D eigenvalue weighted by Gasteiger charge is 2.09. The predicted octanol–water partition coefficient (Wildman–Crippen LogP) is 4.91. The van der Waals surface area contributed by atoms with Crippen molar-refractivity contribution in [2.45, 2.75) is 27.2 Å². The summed E-state index contributed by atoms with van der Waals surface area (Å²) in [6.07, 6.45) is 0.900. The Morgan fingerprint density at radius 2 is 1.64 bits per heavy atom. The third-order valence-electron chi connectivity index (χ3n) is 3.93. The van der Waals surface area contributed by atoms with Crippen LogP contribution in [-0.4, -0.2) is 4.98 Å². The zero-order valence-electron chi connectivity index (χ0n) is 13.2.